The number of amides is 3. The molecule has 6 heterocycles. The number of fused-ring (bicyclic) bond motifs is 2. The third-order valence-corrected chi connectivity index (χ3v) is 11.9. The Labute approximate surface area is 323 Å². The van der Waals surface area contributed by atoms with E-state index in [1.807, 2.05) is 37.9 Å². The summed E-state index contributed by atoms with van der Waals surface area (Å²) in [6, 6.07) is 10.6. The van der Waals surface area contributed by atoms with Crippen molar-refractivity contribution in [2.75, 3.05) is 39.9 Å². The number of aryl methyl sites for hydroxylation is 1. The van der Waals surface area contributed by atoms with Crippen molar-refractivity contribution in [2.24, 2.45) is 5.92 Å². The van der Waals surface area contributed by atoms with Gasteiger partial charge < -0.3 is 33.9 Å². The normalized spacial score (nSPS) is 21.3. The standard InChI is InChI=1S/C43H56N6O6/c1-27-37(45-49-25-31(23-36(53-5)38(27)49)40(50)47-18-9-11-32(26-47)44-42(52)55-43(2,3)4)34-22-30-10-8-12-33(39(30)48(34)24-28-14-15-28)29-16-19-46(20-17-29)41(51)35-13-6-7-21-54-35/h8,10,12,22-23,25,28-29,32,35H,6-7,9,11,13-21,24,26H2,1-5H3,(H,44,52)/t32-,35?/m1/s1. The molecule has 4 aromatic rings. The largest absolute Gasteiger partial charge is 0.494 e. The van der Waals surface area contributed by atoms with Crippen LogP contribution in [0.5, 0.6) is 5.75 Å². The van der Waals surface area contributed by atoms with Crippen LogP contribution in [0.3, 0.4) is 0 Å². The number of carbonyl (C=O) groups excluding carboxylic acids is 3. The van der Waals surface area contributed by atoms with Crippen LogP contribution in [0.1, 0.15) is 106 Å². The first kappa shape index (κ1) is 37.3. The van der Waals surface area contributed by atoms with E-state index >= 15 is 0 Å². The molecule has 1 N–H and O–H groups in total. The predicted molar refractivity (Wildman–Crippen MR) is 211 cm³/mol. The number of nitrogens with zero attached hydrogens (tertiary/aromatic N) is 5. The molecule has 2 atom stereocenters. The SMILES string of the molecule is COc1cc(C(=O)N2CCC[C@@H](NC(=O)OC(C)(C)C)C2)cn2nc(-c3cc4cccc(C5CCN(C(=O)C6CCCCO6)CC5)c4n3CC3CC3)c(C)c12. The molecule has 1 aliphatic carbocycles. The van der Waals surface area contributed by atoms with Crippen molar-refractivity contribution in [3.05, 3.63) is 53.2 Å². The van der Waals surface area contributed by atoms with Crippen molar-refractivity contribution in [2.45, 2.75) is 116 Å². The molecule has 0 spiro atoms. The van der Waals surface area contributed by atoms with Crippen LogP contribution in [0.4, 0.5) is 4.79 Å². The number of rotatable bonds is 8. The van der Waals surface area contributed by atoms with Crippen LogP contribution in [0.2, 0.25) is 0 Å². The maximum absolute atomic E-state index is 14.0. The Bertz CT molecular complexity index is 2080. The number of carbonyl (C=O) groups is 3. The smallest absolute Gasteiger partial charge is 0.407 e. The van der Waals surface area contributed by atoms with Crippen LogP contribution in [-0.2, 0) is 20.8 Å². The summed E-state index contributed by atoms with van der Waals surface area (Å²) in [6.45, 7) is 11.7. The second-order valence-corrected chi connectivity index (χ2v) is 17.1. The first-order valence-corrected chi connectivity index (χ1v) is 20.4. The molecule has 3 aliphatic heterocycles. The fraction of sp³-hybridized carbons (Fsp3) is 0.581. The molecule has 1 saturated carbocycles. The van der Waals surface area contributed by atoms with Gasteiger partial charge in [-0.15, -0.1) is 0 Å². The summed E-state index contributed by atoms with van der Waals surface area (Å²) in [5.41, 5.74) is 6.27. The second kappa shape index (κ2) is 15.2. The number of para-hydroxylation sites is 1. The number of alkyl carbamates (subject to hydrolysis) is 1. The average molecular weight is 753 g/mol. The fourth-order valence-electron chi connectivity index (χ4n) is 8.92. The highest BCUT2D eigenvalue weighted by Crippen LogP contribution is 2.42. The number of ether oxygens (including phenoxy) is 3. The third-order valence-electron chi connectivity index (χ3n) is 11.9. The topological polar surface area (TPSA) is 120 Å². The van der Waals surface area contributed by atoms with Gasteiger partial charge in [0.1, 0.15) is 28.7 Å². The van der Waals surface area contributed by atoms with Crippen LogP contribution in [0.25, 0.3) is 27.8 Å². The number of nitrogens with one attached hydrogen (secondary N) is 1. The lowest BCUT2D eigenvalue weighted by molar-refractivity contribution is -0.147. The van der Waals surface area contributed by atoms with Gasteiger partial charge in [0.2, 0.25) is 0 Å². The van der Waals surface area contributed by atoms with Crippen LogP contribution in [-0.4, -0.2) is 99.5 Å². The average Bonchev–Trinajstić information content (AvgIpc) is 3.84. The number of pyridine rings is 1. The van der Waals surface area contributed by atoms with Gasteiger partial charge >= 0.3 is 6.09 Å². The fourth-order valence-corrected chi connectivity index (χ4v) is 8.92. The van der Waals surface area contributed by atoms with Crippen molar-refractivity contribution in [1.82, 2.24) is 29.3 Å². The van der Waals surface area contributed by atoms with Crippen LogP contribution < -0.4 is 10.1 Å². The quantitative estimate of drug-likeness (QED) is 0.204. The van der Waals surface area contributed by atoms with Gasteiger partial charge in [-0.3, -0.25) is 9.59 Å². The number of piperidine rings is 2. The molecule has 4 fully saturated rings. The Hall–Kier alpha value is -4.58. The Morgan fingerprint density at radius 3 is 2.45 bits per heavy atom. The highest BCUT2D eigenvalue weighted by atomic mass is 16.6. The number of benzene rings is 1. The lowest BCUT2D eigenvalue weighted by atomic mass is 9.88. The van der Waals surface area contributed by atoms with E-state index in [4.69, 9.17) is 19.3 Å². The minimum absolute atomic E-state index is 0.128. The molecule has 1 aromatic carbocycles. The highest BCUT2D eigenvalue weighted by molar-refractivity contribution is 5.96. The number of hydrogen-bond acceptors (Lipinski definition) is 7. The summed E-state index contributed by atoms with van der Waals surface area (Å²) in [7, 11) is 1.63. The zero-order chi connectivity index (χ0) is 38.4. The lowest BCUT2D eigenvalue weighted by Gasteiger charge is -2.35. The molecule has 3 aromatic heterocycles. The molecule has 0 bridgehead atoms. The Morgan fingerprint density at radius 2 is 1.75 bits per heavy atom. The van der Waals surface area contributed by atoms with Gasteiger partial charge in [-0.2, -0.15) is 5.10 Å². The lowest BCUT2D eigenvalue weighted by Crippen LogP contribution is -2.50. The van der Waals surface area contributed by atoms with Gasteiger partial charge in [0, 0.05) is 62.5 Å². The van der Waals surface area contributed by atoms with Crippen molar-refractivity contribution in [3.8, 4) is 17.1 Å². The van der Waals surface area contributed by atoms with Gasteiger partial charge in [0.05, 0.1) is 23.9 Å². The van der Waals surface area contributed by atoms with Crippen molar-refractivity contribution in [1.29, 1.82) is 0 Å². The molecule has 12 heteroatoms. The second-order valence-electron chi connectivity index (χ2n) is 17.1. The Balaban J connectivity index is 1.08. The van der Waals surface area contributed by atoms with E-state index in [0.717, 1.165) is 87.0 Å². The van der Waals surface area contributed by atoms with Gasteiger partial charge in [-0.25, -0.2) is 9.31 Å². The van der Waals surface area contributed by atoms with E-state index in [1.54, 1.807) is 16.5 Å². The van der Waals surface area contributed by atoms with Gasteiger partial charge in [-0.1, -0.05) is 18.2 Å². The number of likely N-dealkylation sites (tertiary alicyclic amines) is 2. The molecule has 55 heavy (non-hydrogen) atoms. The van der Waals surface area contributed by atoms with Crippen molar-refractivity contribution >= 4 is 34.3 Å². The summed E-state index contributed by atoms with van der Waals surface area (Å²) < 4.78 is 21.5. The molecule has 294 valence electrons. The van der Waals surface area contributed by atoms with Crippen LogP contribution in [0, 0.1) is 12.8 Å². The van der Waals surface area contributed by atoms with Gasteiger partial charge in [0.25, 0.3) is 11.8 Å². The highest BCUT2D eigenvalue weighted by Gasteiger charge is 2.33. The number of hydrogen-bond donors (Lipinski definition) is 1. The molecule has 4 aliphatic rings. The van der Waals surface area contributed by atoms with Crippen molar-refractivity contribution in [3.63, 3.8) is 0 Å². The number of methoxy groups -OCH3 is 1. The molecular weight excluding hydrogens is 697 g/mol. The molecule has 12 nitrogen and oxygen atoms in total. The van der Waals surface area contributed by atoms with Crippen LogP contribution >= 0.6 is 0 Å². The van der Waals surface area contributed by atoms with Gasteiger partial charge in [-0.05, 0) is 115 Å². The summed E-state index contributed by atoms with van der Waals surface area (Å²) in [6.07, 6.45) is 9.84. The van der Waals surface area contributed by atoms with E-state index in [-0.39, 0.29) is 24.0 Å². The monoisotopic (exact) mass is 752 g/mol. The van der Waals surface area contributed by atoms with E-state index in [1.165, 1.54) is 29.3 Å². The van der Waals surface area contributed by atoms with Crippen molar-refractivity contribution < 1.29 is 28.6 Å². The minimum atomic E-state index is -0.597. The predicted octanol–water partition coefficient (Wildman–Crippen LogP) is 7.09. The number of aromatic nitrogens is 3. The molecular formula is C43H56N6O6. The molecule has 3 saturated heterocycles. The van der Waals surface area contributed by atoms with E-state index in [0.29, 0.717) is 42.8 Å². The third kappa shape index (κ3) is 7.79. The zero-order valence-electron chi connectivity index (χ0n) is 33.1. The molecule has 0 radical (unpaired) electrons. The Kier molecular flexibility index (Phi) is 10.3. The minimum Gasteiger partial charge on any atom is -0.494 e. The zero-order valence-corrected chi connectivity index (χ0v) is 33.1. The maximum atomic E-state index is 14.0. The Morgan fingerprint density at radius 1 is 0.945 bits per heavy atom. The summed E-state index contributed by atoms with van der Waals surface area (Å²) in [5.74, 6) is 1.61. The van der Waals surface area contributed by atoms with E-state index < -0.39 is 11.7 Å². The van der Waals surface area contributed by atoms with Crippen LogP contribution in [0.15, 0.2) is 36.5 Å². The molecule has 1 unspecified atom stereocenters. The maximum Gasteiger partial charge on any atom is 0.407 e. The van der Waals surface area contributed by atoms with E-state index in [2.05, 4.69) is 41.1 Å². The molecule has 8 rings (SSSR count). The molecule has 3 amide bonds. The summed E-state index contributed by atoms with van der Waals surface area (Å²) >= 11 is 0. The van der Waals surface area contributed by atoms with E-state index in [9.17, 15) is 14.4 Å². The first-order chi connectivity index (χ1) is 26.5. The van der Waals surface area contributed by atoms with Gasteiger partial charge in [0.15, 0.2) is 0 Å². The first-order valence-electron chi connectivity index (χ1n) is 20.4. The summed E-state index contributed by atoms with van der Waals surface area (Å²) in [4.78, 5) is 43.6. The summed E-state index contributed by atoms with van der Waals surface area (Å²) in [5, 5.41) is 9.33.